The Kier molecular flexibility index (Phi) is 16.7. The van der Waals surface area contributed by atoms with Crippen LogP contribution in [0.4, 0.5) is 17.1 Å². The molecular formula is C39H39N3O15. The van der Waals surface area contributed by atoms with E-state index in [-0.39, 0.29) is 73.4 Å². The standard InChI is InChI=1S/C39H39N3O15/c43-37(55-22-4-1-19-52-34-13-7-31(8-14-34)40(46)47)28-25-29(38(44)56-23-5-2-20-53-35-15-9-32(10-16-35)41(48)49)27-30(26-28)39(45)57-24-6-3-21-54-36-17-11-33(12-18-36)42(50)51/h7-18,25-27H,1-6,19-24H2. The number of carbonyl (C=O) groups is 3. The third-order valence-electron chi connectivity index (χ3n) is 7.90. The molecule has 4 aromatic rings. The van der Waals surface area contributed by atoms with Crippen molar-refractivity contribution in [3.63, 3.8) is 0 Å². The van der Waals surface area contributed by atoms with Gasteiger partial charge in [-0.15, -0.1) is 0 Å². The molecule has 4 aromatic carbocycles. The second-order valence-corrected chi connectivity index (χ2v) is 12.1. The van der Waals surface area contributed by atoms with Gasteiger partial charge in [0.25, 0.3) is 17.1 Å². The van der Waals surface area contributed by atoms with Gasteiger partial charge in [0.15, 0.2) is 0 Å². The molecule has 0 aliphatic rings. The summed E-state index contributed by atoms with van der Waals surface area (Å²) >= 11 is 0. The molecule has 0 aromatic heterocycles. The summed E-state index contributed by atoms with van der Waals surface area (Å²) in [6, 6.07) is 20.6. The Bertz CT molecular complexity index is 1750. The van der Waals surface area contributed by atoms with Crippen LogP contribution in [0.1, 0.15) is 69.6 Å². The van der Waals surface area contributed by atoms with Crippen LogP contribution in [-0.4, -0.2) is 72.3 Å². The lowest BCUT2D eigenvalue weighted by atomic mass is 10.1. The van der Waals surface area contributed by atoms with E-state index >= 15 is 0 Å². The number of rotatable bonds is 24. The molecular weight excluding hydrogens is 750 g/mol. The molecule has 18 nitrogen and oxygen atoms in total. The highest BCUT2D eigenvalue weighted by Gasteiger charge is 2.19. The first-order valence-electron chi connectivity index (χ1n) is 17.8. The van der Waals surface area contributed by atoms with Crippen LogP contribution in [0.15, 0.2) is 91.0 Å². The predicted octanol–water partition coefficient (Wildman–Crippen LogP) is 7.46. The Morgan fingerprint density at radius 1 is 0.386 bits per heavy atom. The molecule has 0 fully saturated rings. The summed E-state index contributed by atoms with van der Waals surface area (Å²) < 4.78 is 32.9. The van der Waals surface area contributed by atoms with Gasteiger partial charge in [-0.3, -0.25) is 30.3 Å². The summed E-state index contributed by atoms with van der Waals surface area (Å²) in [4.78, 5) is 70.0. The fourth-order valence-electron chi connectivity index (χ4n) is 4.90. The number of esters is 3. The number of carbonyl (C=O) groups excluding carboxylic acids is 3. The van der Waals surface area contributed by atoms with E-state index in [0.29, 0.717) is 55.8 Å². The summed E-state index contributed by atoms with van der Waals surface area (Å²) in [5.41, 5.74) is -0.410. The van der Waals surface area contributed by atoms with E-state index in [9.17, 15) is 44.7 Å². The van der Waals surface area contributed by atoms with Crippen molar-refractivity contribution in [2.24, 2.45) is 0 Å². The van der Waals surface area contributed by atoms with Gasteiger partial charge in [-0.25, -0.2) is 14.4 Å². The molecule has 0 aliphatic carbocycles. The zero-order chi connectivity index (χ0) is 41.0. The third-order valence-corrected chi connectivity index (χ3v) is 7.90. The minimum Gasteiger partial charge on any atom is -0.494 e. The van der Waals surface area contributed by atoms with Gasteiger partial charge in [-0.05, 0) is 93.1 Å². The Hall–Kier alpha value is -7.11. The van der Waals surface area contributed by atoms with Crippen LogP contribution in [0.2, 0.25) is 0 Å². The quantitative estimate of drug-likeness (QED) is 0.0220. The predicted molar refractivity (Wildman–Crippen MR) is 201 cm³/mol. The molecule has 57 heavy (non-hydrogen) atoms. The second kappa shape index (κ2) is 22.3. The summed E-state index contributed by atoms with van der Waals surface area (Å²) in [6.45, 7) is 0.791. The van der Waals surface area contributed by atoms with Crippen molar-refractivity contribution in [1.82, 2.24) is 0 Å². The fourth-order valence-corrected chi connectivity index (χ4v) is 4.90. The number of hydrogen-bond donors (Lipinski definition) is 0. The fraction of sp³-hybridized carbons (Fsp3) is 0.308. The molecule has 0 radical (unpaired) electrons. The van der Waals surface area contributed by atoms with Crippen LogP contribution in [0, 0.1) is 30.3 Å². The Morgan fingerprint density at radius 3 is 0.842 bits per heavy atom. The first kappa shape index (κ1) is 42.6. The molecule has 0 unspecified atom stereocenters. The van der Waals surface area contributed by atoms with Gasteiger partial charge in [-0.1, -0.05) is 0 Å². The highest BCUT2D eigenvalue weighted by molar-refractivity contribution is 6.00. The molecule has 0 atom stereocenters. The van der Waals surface area contributed by atoms with E-state index in [2.05, 4.69) is 0 Å². The lowest BCUT2D eigenvalue weighted by Gasteiger charge is -2.11. The third kappa shape index (κ3) is 14.6. The van der Waals surface area contributed by atoms with Gasteiger partial charge in [0.05, 0.1) is 71.1 Å². The van der Waals surface area contributed by atoms with Crippen molar-refractivity contribution in [2.75, 3.05) is 39.6 Å². The molecule has 0 saturated heterocycles. The van der Waals surface area contributed by atoms with E-state index in [4.69, 9.17) is 28.4 Å². The van der Waals surface area contributed by atoms with Gasteiger partial charge in [-0.2, -0.15) is 0 Å². The van der Waals surface area contributed by atoms with Crippen LogP contribution in [0.25, 0.3) is 0 Å². The van der Waals surface area contributed by atoms with Gasteiger partial charge < -0.3 is 28.4 Å². The molecule has 0 amide bonds. The van der Waals surface area contributed by atoms with Gasteiger partial charge in [0, 0.05) is 36.4 Å². The van der Waals surface area contributed by atoms with Crippen LogP contribution >= 0.6 is 0 Å². The maximum absolute atomic E-state index is 13.0. The normalized spacial score (nSPS) is 10.5. The molecule has 0 aliphatic heterocycles. The molecule has 4 rings (SSSR count). The van der Waals surface area contributed by atoms with E-state index in [1.807, 2.05) is 0 Å². The SMILES string of the molecule is O=C(OCCCCOc1ccc([N+](=O)[O-])cc1)c1cc(C(=O)OCCCCOc2ccc([N+](=O)[O-])cc2)cc(C(=O)OCCCCOc2ccc([N+](=O)[O-])cc2)c1. The van der Waals surface area contributed by atoms with E-state index in [1.54, 1.807) is 0 Å². The van der Waals surface area contributed by atoms with Crippen molar-refractivity contribution in [2.45, 2.75) is 38.5 Å². The summed E-state index contributed by atoms with van der Waals surface area (Å²) in [6.07, 6.45) is 2.72. The Balaban J connectivity index is 1.26. The summed E-state index contributed by atoms with van der Waals surface area (Å²) in [7, 11) is 0. The van der Waals surface area contributed by atoms with E-state index < -0.39 is 32.7 Å². The molecule has 300 valence electrons. The smallest absolute Gasteiger partial charge is 0.338 e. The van der Waals surface area contributed by atoms with Crippen LogP contribution in [0.3, 0.4) is 0 Å². The number of unbranched alkanes of at least 4 members (excludes halogenated alkanes) is 3. The minimum atomic E-state index is -0.790. The number of benzene rings is 4. The Labute approximate surface area is 325 Å². The molecule has 18 heteroatoms. The molecule has 0 heterocycles. The Morgan fingerprint density at radius 2 is 0.614 bits per heavy atom. The molecule has 0 saturated carbocycles. The zero-order valence-corrected chi connectivity index (χ0v) is 30.6. The lowest BCUT2D eigenvalue weighted by molar-refractivity contribution is -0.385. The van der Waals surface area contributed by atoms with Gasteiger partial charge in [0.1, 0.15) is 17.2 Å². The monoisotopic (exact) mass is 789 g/mol. The average molecular weight is 790 g/mol. The highest BCUT2D eigenvalue weighted by Crippen LogP contribution is 2.21. The molecule has 0 bridgehead atoms. The van der Waals surface area contributed by atoms with Gasteiger partial charge in [0.2, 0.25) is 0 Å². The number of nitro groups is 3. The first-order chi connectivity index (χ1) is 27.5. The van der Waals surface area contributed by atoms with Crippen molar-refractivity contribution < 1.29 is 57.6 Å². The van der Waals surface area contributed by atoms with Crippen molar-refractivity contribution >= 4 is 35.0 Å². The van der Waals surface area contributed by atoms with Gasteiger partial charge >= 0.3 is 17.9 Å². The van der Waals surface area contributed by atoms with Crippen molar-refractivity contribution in [3.05, 3.63) is 138 Å². The number of nitrogens with zero attached hydrogens (tertiary/aromatic N) is 3. The van der Waals surface area contributed by atoms with Crippen molar-refractivity contribution in [3.8, 4) is 17.2 Å². The van der Waals surface area contributed by atoms with Crippen LogP contribution < -0.4 is 14.2 Å². The maximum atomic E-state index is 13.0. The summed E-state index contributed by atoms with van der Waals surface area (Å²) in [5, 5.41) is 32.4. The lowest BCUT2D eigenvalue weighted by Crippen LogP contribution is -2.15. The summed E-state index contributed by atoms with van der Waals surface area (Å²) in [5.74, 6) is -1.02. The highest BCUT2D eigenvalue weighted by atomic mass is 16.6. The average Bonchev–Trinajstić information content (AvgIpc) is 3.21. The minimum absolute atomic E-state index is 0.000792. The molecule has 0 N–H and O–H groups in total. The largest absolute Gasteiger partial charge is 0.494 e. The number of nitro benzene ring substituents is 3. The molecule has 0 spiro atoms. The topological polar surface area (TPSA) is 236 Å². The van der Waals surface area contributed by atoms with Crippen molar-refractivity contribution in [1.29, 1.82) is 0 Å². The second-order valence-electron chi connectivity index (χ2n) is 12.1. The van der Waals surface area contributed by atoms with Crippen LogP contribution in [0.5, 0.6) is 17.2 Å². The van der Waals surface area contributed by atoms with E-state index in [1.165, 1.54) is 91.0 Å². The number of non-ortho nitro benzene ring substituents is 3. The van der Waals surface area contributed by atoms with E-state index in [0.717, 1.165) is 0 Å². The first-order valence-corrected chi connectivity index (χ1v) is 17.8. The van der Waals surface area contributed by atoms with Crippen LogP contribution in [-0.2, 0) is 14.2 Å². The zero-order valence-electron chi connectivity index (χ0n) is 30.6. The number of ether oxygens (including phenoxy) is 6. The number of hydrogen-bond acceptors (Lipinski definition) is 15. The maximum Gasteiger partial charge on any atom is 0.338 e.